The lowest BCUT2D eigenvalue weighted by atomic mass is 10.1. The lowest BCUT2D eigenvalue weighted by molar-refractivity contribution is 0.000660. The van der Waals surface area contributed by atoms with E-state index in [-0.39, 0.29) is 5.69 Å². The van der Waals surface area contributed by atoms with Crippen molar-refractivity contribution in [1.29, 1.82) is 0 Å². The summed E-state index contributed by atoms with van der Waals surface area (Å²) in [5.41, 5.74) is -0.378. The van der Waals surface area contributed by atoms with Crippen LogP contribution in [0.1, 0.15) is 20.8 Å². The fraction of sp³-hybridized carbons (Fsp3) is 0.538. The van der Waals surface area contributed by atoms with Crippen LogP contribution in [0.15, 0.2) is 29.2 Å². The minimum atomic E-state index is -4.62. The molecule has 1 N–H and O–H groups in total. The smallest absolute Gasteiger partial charge is 0.341 e. The largest absolute Gasteiger partial charge is 0.381 e. The summed E-state index contributed by atoms with van der Waals surface area (Å²) in [4.78, 5) is -0.401. The van der Waals surface area contributed by atoms with E-state index in [9.17, 15) is 17.2 Å². The molecule has 0 aliphatic rings. The summed E-state index contributed by atoms with van der Waals surface area (Å²) in [6, 6.07) is 5.61. The standard InChI is InChI=1S/C13H19F2NO3S/c1-4-19-13(2,3)9-16-10-7-5-6-8-11(10)20(17,18)12(14)15/h5-8,12,16H,4,9H2,1-3H3. The third kappa shape index (κ3) is 4.14. The number of rotatable bonds is 7. The van der Waals surface area contributed by atoms with Gasteiger partial charge in [0.1, 0.15) is 0 Å². The van der Waals surface area contributed by atoms with Crippen molar-refractivity contribution in [2.45, 2.75) is 37.0 Å². The molecule has 0 radical (unpaired) electrons. The number of para-hydroxylation sites is 1. The molecule has 4 nitrogen and oxygen atoms in total. The molecule has 0 saturated carbocycles. The highest BCUT2D eigenvalue weighted by molar-refractivity contribution is 7.91. The highest BCUT2D eigenvalue weighted by Crippen LogP contribution is 2.26. The van der Waals surface area contributed by atoms with Gasteiger partial charge in [0.05, 0.1) is 16.2 Å². The van der Waals surface area contributed by atoms with Gasteiger partial charge in [0.25, 0.3) is 0 Å². The van der Waals surface area contributed by atoms with Crippen LogP contribution in [0.5, 0.6) is 0 Å². The monoisotopic (exact) mass is 307 g/mol. The van der Waals surface area contributed by atoms with Crippen LogP contribution < -0.4 is 5.32 Å². The number of hydrogen-bond acceptors (Lipinski definition) is 4. The van der Waals surface area contributed by atoms with E-state index < -0.39 is 26.1 Å². The van der Waals surface area contributed by atoms with E-state index >= 15 is 0 Å². The third-order valence-electron chi connectivity index (χ3n) is 2.67. The Balaban J connectivity index is 2.98. The summed E-state index contributed by atoms with van der Waals surface area (Å²) in [6.45, 7) is 6.31. The van der Waals surface area contributed by atoms with Crippen molar-refractivity contribution in [2.75, 3.05) is 18.5 Å². The number of ether oxygens (including phenoxy) is 1. The lowest BCUT2D eigenvalue weighted by Gasteiger charge is -2.26. The third-order valence-corrected chi connectivity index (χ3v) is 4.11. The quantitative estimate of drug-likeness (QED) is 0.841. The summed E-state index contributed by atoms with van der Waals surface area (Å²) in [5.74, 6) is -3.44. The molecule has 20 heavy (non-hydrogen) atoms. The number of alkyl halides is 2. The molecule has 0 spiro atoms. The van der Waals surface area contributed by atoms with Gasteiger partial charge in [-0.15, -0.1) is 0 Å². The van der Waals surface area contributed by atoms with E-state index in [1.54, 1.807) is 6.07 Å². The molecular weight excluding hydrogens is 288 g/mol. The SMILES string of the molecule is CCOC(C)(C)CNc1ccccc1S(=O)(=O)C(F)F. The molecule has 0 aliphatic carbocycles. The van der Waals surface area contributed by atoms with Crippen LogP contribution in [0.2, 0.25) is 0 Å². The number of nitrogens with one attached hydrogen (secondary N) is 1. The molecule has 0 saturated heterocycles. The first-order valence-corrected chi connectivity index (χ1v) is 7.74. The Kier molecular flexibility index (Phi) is 5.47. The van der Waals surface area contributed by atoms with Gasteiger partial charge in [-0.2, -0.15) is 8.78 Å². The number of anilines is 1. The average molecular weight is 307 g/mol. The normalized spacial score (nSPS) is 12.7. The molecule has 0 aliphatic heterocycles. The number of hydrogen-bond donors (Lipinski definition) is 1. The van der Waals surface area contributed by atoms with Crippen LogP contribution in [0.3, 0.4) is 0 Å². The van der Waals surface area contributed by atoms with Gasteiger partial charge in [-0.1, -0.05) is 12.1 Å². The minimum Gasteiger partial charge on any atom is -0.381 e. The molecule has 7 heteroatoms. The van der Waals surface area contributed by atoms with Crippen LogP contribution in [-0.4, -0.2) is 32.9 Å². The molecule has 0 fully saturated rings. The highest BCUT2D eigenvalue weighted by Gasteiger charge is 2.29. The van der Waals surface area contributed by atoms with Gasteiger partial charge in [0.2, 0.25) is 9.84 Å². The summed E-state index contributed by atoms with van der Waals surface area (Å²) in [6.07, 6.45) is 0. The van der Waals surface area contributed by atoms with Crippen LogP contribution in [0.4, 0.5) is 14.5 Å². The van der Waals surface area contributed by atoms with E-state index in [1.807, 2.05) is 20.8 Å². The Bertz CT molecular complexity index is 544. The Labute approximate surface area is 118 Å². The second-order valence-electron chi connectivity index (χ2n) is 4.85. The first-order valence-electron chi connectivity index (χ1n) is 6.19. The van der Waals surface area contributed by atoms with Gasteiger partial charge in [0, 0.05) is 13.2 Å². The molecule has 0 heterocycles. The lowest BCUT2D eigenvalue weighted by Crippen LogP contribution is -2.33. The first kappa shape index (κ1) is 16.8. The van der Waals surface area contributed by atoms with Crippen LogP contribution in [0, 0.1) is 0 Å². The Hall–Kier alpha value is -1.21. The van der Waals surface area contributed by atoms with E-state index in [0.717, 1.165) is 6.07 Å². The van der Waals surface area contributed by atoms with Crippen molar-refractivity contribution in [3.63, 3.8) is 0 Å². The van der Waals surface area contributed by atoms with Crippen LogP contribution >= 0.6 is 0 Å². The molecule has 1 aromatic rings. The van der Waals surface area contributed by atoms with E-state index in [4.69, 9.17) is 4.74 Å². The van der Waals surface area contributed by atoms with Crippen molar-refractivity contribution in [1.82, 2.24) is 0 Å². The van der Waals surface area contributed by atoms with Gasteiger partial charge in [-0.3, -0.25) is 0 Å². The zero-order valence-electron chi connectivity index (χ0n) is 11.7. The van der Waals surface area contributed by atoms with Gasteiger partial charge < -0.3 is 10.1 Å². The molecule has 0 amide bonds. The summed E-state index contributed by atoms with van der Waals surface area (Å²) in [5, 5.41) is 2.86. The minimum absolute atomic E-state index is 0.153. The zero-order valence-corrected chi connectivity index (χ0v) is 12.5. The first-order chi connectivity index (χ1) is 9.20. The van der Waals surface area contributed by atoms with Crippen molar-refractivity contribution < 1.29 is 21.9 Å². The predicted molar refractivity (Wildman–Crippen MR) is 73.8 cm³/mol. The second-order valence-corrected chi connectivity index (χ2v) is 6.73. The van der Waals surface area contributed by atoms with Crippen molar-refractivity contribution >= 4 is 15.5 Å². The van der Waals surface area contributed by atoms with Crippen LogP contribution in [0.25, 0.3) is 0 Å². The fourth-order valence-electron chi connectivity index (χ4n) is 1.71. The Morgan fingerprint density at radius 1 is 1.30 bits per heavy atom. The summed E-state index contributed by atoms with van der Waals surface area (Å²) in [7, 11) is -4.62. The molecule has 0 aromatic heterocycles. The van der Waals surface area contributed by atoms with Gasteiger partial charge >= 0.3 is 5.76 Å². The number of sulfone groups is 1. The second kappa shape index (κ2) is 6.49. The molecule has 1 rings (SSSR count). The van der Waals surface area contributed by atoms with E-state index in [1.165, 1.54) is 12.1 Å². The average Bonchev–Trinajstić information content (AvgIpc) is 2.36. The van der Waals surface area contributed by atoms with Crippen molar-refractivity contribution in [3.8, 4) is 0 Å². The maximum absolute atomic E-state index is 12.6. The molecule has 0 bridgehead atoms. The maximum Gasteiger partial charge on any atom is 0.341 e. The molecule has 0 unspecified atom stereocenters. The Morgan fingerprint density at radius 2 is 1.90 bits per heavy atom. The van der Waals surface area contributed by atoms with Gasteiger partial charge in [-0.25, -0.2) is 8.42 Å². The van der Waals surface area contributed by atoms with Crippen molar-refractivity contribution in [2.24, 2.45) is 0 Å². The zero-order chi connectivity index (χ0) is 15.4. The van der Waals surface area contributed by atoms with Crippen LogP contribution in [-0.2, 0) is 14.6 Å². The number of benzene rings is 1. The fourth-order valence-corrected chi connectivity index (χ4v) is 2.61. The predicted octanol–water partition coefficient (Wildman–Crippen LogP) is 2.91. The molecule has 0 atom stereocenters. The maximum atomic E-state index is 12.6. The topological polar surface area (TPSA) is 55.4 Å². The summed E-state index contributed by atoms with van der Waals surface area (Å²) >= 11 is 0. The summed E-state index contributed by atoms with van der Waals surface area (Å²) < 4.78 is 53.9. The van der Waals surface area contributed by atoms with E-state index in [2.05, 4.69) is 5.32 Å². The van der Waals surface area contributed by atoms with Crippen molar-refractivity contribution in [3.05, 3.63) is 24.3 Å². The molecule has 1 aromatic carbocycles. The highest BCUT2D eigenvalue weighted by atomic mass is 32.2. The van der Waals surface area contributed by atoms with E-state index in [0.29, 0.717) is 13.2 Å². The van der Waals surface area contributed by atoms with Gasteiger partial charge in [0.15, 0.2) is 0 Å². The molecular formula is C13H19F2NO3S. The van der Waals surface area contributed by atoms with Gasteiger partial charge in [-0.05, 0) is 32.9 Å². The Morgan fingerprint density at radius 3 is 2.45 bits per heavy atom. The molecule has 114 valence electrons. The number of halogens is 2.